The SMILES string of the molecule is CCC1O[C@@H](OC2[C@H](O[C@H]3CCC4(C)C5CC=C6C7CC(C)(C)CC[C@]7(C(=O)N[C@H]7OC(COCc8ccccc8)[C@H](N)C(C)C7O[C@@H]7OC(C)[C@H](O[C@@H]8OC[C@@H](OCc9ccccc9)C(OCc9ccccc9)C8C)C8OC(C)(C)OC87)C(OC)C[C@@]6(C)[C@@]5(C)CC[C@H]4[C@@]3(C)C=O)OC(C(C)=O)[C@@H](C)[C@@H]2O[C@@H]2OC[C@@H](C)[C@H](C)C2C)C(C)[C@@H](C)[C@H]1C. The van der Waals surface area contributed by atoms with Crippen molar-refractivity contribution >= 4 is 18.0 Å². The Morgan fingerprint density at radius 3 is 1.82 bits per heavy atom. The highest BCUT2D eigenvalue weighted by molar-refractivity contribution is 5.85. The first-order valence-electron chi connectivity index (χ1n) is 46.7. The fourth-order valence-corrected chi connectivity index (χ4v) is 25.4. The first kappa shape index (κ1) is 92.2. The van der Waals surface area contributed by atoms with Crippen LogP contribution in [0, 0.1) is 104 Å². The van der Waals surface area contributed by atoms with Gasteiger partial charge >= 0.3 is 0 Å². The summed E-state index contributed by atoms with van der Waals surface area (Å²) in [4.78, 5) is 45.8. The van der Waals surface area contributed by atoms with Crippen LogP contribution in [-0.2, 0) is 115 Å². The number of carbonyl (C=O) groups excluding carboxylic acids is 3. The van der Waals surface area contributed by atoms with Crippen LogP contribution in [0.1, 0.15) is 219 Å². The number of methoxy groups -OCH3 is 1. The van der Waals surface area contributed by atoms with Crippen LogP contribution in [0.3, 0.4) is 0 Å². The molecule has 122 heavy (non-hydrogen) atoms. The van der Waals surface area contributed by atoms with Crippen molar-refractivity contribution in [3.05, 3.63) is 119 Å². The highest BCUT2D eigenvalue weighted by Gasteiger charge is 2.73. The molecule has 1 amide bonds. The number of ether oxygens (including phenoxy) is 17. The molecule has 15 rings (SSSR count). The molecular formula is C100H148N2O20. The minimum Gasteiger partial charge on any atom is -0.380 e. The van der Waals surface area contributed by atoms with Gasteiger partial charge in [-0.25, -0.2) is 0 Å². The lowest BCUT2D eigenvalue weighted by Gasteiger charge is -2.72. The number of carbonyl (C=O) groups is 3. The monoisotopic (exact) mass is 1700 g/mol. The third-order valence-corrected chi connectivity index (χ3v) is 33.8. The zero-order valence-corrected chi connectivity index (χ0v) is 76.9. The second-order valence-corrected chi connectivity index (χ2v) is 42.0. The Kier molecular flexibility index (Phi) is 27.8. The quantitative estimate of drug-likeness (QED) is 0.0431. The molecule has 22 heteroatoms. The van der Waals surface area contributed by atoms with Crippen LogP contribution in [0.5, 0.6) is 0 Å². The van der Waals surface area contributed by atoms with Gasteiger partial charge in [-0.15, -0.1) is 0 Å². The van der Waals surface area contributed by atoms with E-state index in [-0.39, 0.29) is 94.8 Å². The summed E-state index contributed by atoms with van der Waals surface area (Å²) in [5, 5.41) is 3.64. The number of benzene rings is 3. The zero-order chi connectivity index (χ0) is 87.1. The molecule has 3 N–H and O–H groups in total. The second kappa shape index (κ2) is 36.8. The maximum atomic E-state index is 17.0. The van der Waals surface area contributed by atoms with Gasteiger partial charge in [0.2, 0.25) is 5.91 Å². The lowest BCUT2D eigenvalue weighted by Crippen LogP contribution is -2.71. The van der Waals surface area contributed by atoms with Crippen LogP contribution in [0.25, 0.3) is 0 Å². The summed E-state index contributed by atoms with van der Waals surface area (Å²) in [5.74, 6) is -1.39. The molecule has 5 aliphatic carbocycles. The molecule has 7 aliphatic heterocycles. The van der Waals surface area contributed by atoms with E-state index in [0.717, 1.165) is 61.6 Å². The maximum absolute atomic E-state index is 17.0. The Morgan fingerprint density at radius 1 is 0.549 bits per heavy atom. The number of nitrogens with one attached hydrogen (secondary N) is 1. The van der Waals surface area contributed by atoms with Gasteiger partial charge in [0.15, 0.2) is 49.2 Å². The van der Waals surface area contributed by atoms with Crippen molar-refractivity contribution < 1.29 is 94.9 Å². The van der Waals surface area contributed by atoms with E-state index in [1.54, 1.807) is 14.0 Å². The molecule has 3 aromatic rings. The predicted molar refractivity (Wildman–Crippen MR) is 459 cm³/mol. The third-order valence-electron chi connectivity index (χ3n) is 33.8. The molecule has 0 aromatic heterocycles. The van der Waals surface area contributed by atoms with Crippen molar-refractivity contribution in [3.8, 4) is 0 Å². The lowest BCUT2D eigenvalue weighted by atomic mass is 9.33. The lowest BCUT2D eigenvalue weighted by molar-refractivity contribution is -0.374. The number of hydrogen-bond donors (Lipinski definition) is 2. The Bertz CT molecular complexity index is 4040. The van der Waals surface area contributed by atoms with Gasteiger partial charge < -0.3 is 96.4 Å². The first-order valence-corrected chi connectivity index (χ1v) is 46.7. The number of rotatable bonds is 26. The number of amides is 1. The largest absolute Gasteiger partial charge is 0.380 e. The fourth-order valence-electron chi connectivity index (χ4n) is 25.4. The molecule has 678 valence electrons. The molecule has 0 bridgehead atoms. The summed E-state index contributed by atoms with van der Waals surface area (Å²) in [6.07, 6.45) is -2.79. The molecule has 17 unspecified atom stereocenters. The van der Waals surface area contributed by atoms with Gasteiger partial charge in [-0.3, -0.25) is 9.59 Å². The van der Waals surface area contributed by atoms with E-state index in [1.165, 1.54) is 11.9 Å². The summed E-state index contributed by atoms with van der Waals surface area (Å²) in [6.45, 7) is 45.4. The van der Waals surface area contributed by atoms with Crippen molar-refractivity contribution in [2.75, 3.05) is 26.9 Å². The minimum absolute atomic E-state index is 0.0148. The maximum Gasteiger partial charge on any atom is 0.231 e. The van der Waals surface area contributed by atoms with Crippen LogP contribution in [0.2, 0.25) is 0 Å². The Labute approximate surface area is 727 Å². The normalized spacial score (nSPS) is 46.6. The number of allylic oxidation sites excluding steroid dienone is 2. The standard InChI is InChI=1S/C100H148N2O20/c1-22-71-58(5)57(4)60(7)90(114-71)120-85-81(117-88-59(6)56(3)55(2)48-110-88)62(9)79(64(11)104)116-91(85)115-76-41-42-96(17)74(97(76,18)54-103)40-43-98(19)75(96)39-38-69-70-46-94(13,14)44-45-100(70,77(106-21)47-99(69,98)20)93(105)102-87-82(61(8)78(101)72(113-87)52-107-49-66-32-26-23-27-33-66)118-92-86-84(121-95(15,16)122-86)83(65(12)112-92)119-89-63(10)80(109-51-68-36-30-25-31-37-68)73(53-111-89)108-50-67-34-28-24-29-35-67/h23-38,54-63,65,70-92H,22,39-53,101H2,1-21H3,(H,102,105)/t55-,56+,57+,58-,59?,60?,61?,62-,63?,65?,70?,71?,72?,73-,74-,75?,76+,77?,78-,79?,80?,81+,82?,83+,84?,85?,86?,87+,88+,89+,90+,91-,92+,96?,97-,98+,99-,100-/m1/s1. The molecule has 7 heterocycles. The molecule has 4 saturated carbocycles. The van der Waals surface area contributed by atoms with Crippen molar-refractivity contribution in [3.63, 3.8) is 0 Å². The van der Waals surface area contributed by atoms with Gasteiger partial charge in [0.1, 0.15) is 49.0 Å². The molecule has 0 radical (unpaired) electrons. The van der Waals surface area contributed by atoms with E-state index in [0.29, 0.717) is 63.4 Å². The fraction of sp³-hybridized carbons (Fsp3) is 0.770. The second-order valence-electron chi connectivity index (χ2n) is 42.0. The summed E-state index contributed by atoms with van der Waals surface area (Å²) < 4.78 is 119. The summed E-state index contributed by atoms with van der Waals surface area (Å²) in [6, 6.07) is 29.7. The number of hydrogen-bond acceptors (Lipinski definition) is 21. The van der Waals surface area contributed by atoms with Crippen molar-refractivity contribution in [1.82, 2.24) is 5.32 Å². The molecule has 22 nitrogen and oxygen atoms in total. The number of aldehydes is 1. The van der Waals surface area contributed by atoms with Gasteiger partial charge in [0.05, 0.1) is 93.2 Å². The highest BCUT2D eigenvalue weighted by atomic mass is 16.8. The van der Waals surface area contributed by atoms with Crippen LogP contribution < -0.4 is 11.1 Å². The van der Waals surface area contributed by atoms with Crippen LogP contribution in [-0.4, -0.2) is 180 Å². The molecular weight excluding hydrogens is 1550 g/mol. The van der Waals surface area contributed by atoms with Gasteiger partial charge in [0, 0.05) is 42.7 Å². The van der Waals surface area contributed by atoms with Crippen LogP contribution >= 0.6 is 0 Å². The highest BCUT2D eigenvalue weighted by Crippen LogP contribution is 2.76. The molecule has 0 spiro atoms. The summed E-state index contributed by atoms with van der Waals surface area (Å²) in [7, 11) is 1.80. The van der Waals surface area contributed by atoms with E-state index in [2.05, 4.69) is 140 Å². The van der Waals surface area contributed by atoms with Gasteiger partial charge in [-0.05, 0) is 172 Å². The number of Topliss-reactive ketones (excluding diaryl/α,β-unsaturated/α-hetero) is 1. The average Bonchev–Trinajstić information content (AvgIpc) is 0.693. The Hall–Kier alpha value is -4.51. The summed E-state index contributed by atoms with van der Waals surface area (Å²) in [5.41, 5.74) is 8.59. The van der Waals surface area contributed by atoms with Gasteiger partial charge in [-0.1, -0.05) is 213 Å². The van der Waals surface area contributed by atoms with E-state index >= 15 is 4.79 Å². The van der Waals surface area contributed by atoms with Crippen LogP contribution in [0.4, 0.5) is 0 Å². The molecule has 12 aliphatic rings. The molecule has 3 aromatic carbocycles. The topological polar surface area (TPSA) is 246 Å². The van der Waals surface area contributed by atoms with Crippen molar-refractivity contribution in [2.24, 2.45) is 109 Å². The average molecular weight is 1700 g/mol. The summed E-state index contributed by atoms with van der Waals surface area (Å²) >= 11 is 0. The molecule has 38 atom stereocenters. The van der Waals surface area contributed by atoms with Gasteiger partial charge in [0.25, 0.3) is 0 Å². The predicted octanol–water partition coefficient (Wildman–Crippen LogP) is 16.2. The van der Waals surface area contributed by atoms with E-state index in [1.807, 2.05) is 94.4 Å². The molecule has 7 saturated heterocycles. The molecule has 11 fully saturated rings. The third kappa shape index (κ3) is 17.3. The number of nitrogens with two attached hydrogens (primary N) is 1. The van der Waals surface area contributed by atoms with E-state index in [4.69, 9.17) is 86.3 Å². The van der Waals surface area contributed by atoms with Gasteiger partial charge in [-0.2, -0.15) is 0 Å². The first-order chi connectivity index (χ1) is 58.0. The smallest absolute Gasteiger partial charge is 0.231 e. The van der Waals surface area contributed by atoms with Crippen LogP contribution in [0.15, 0.2) is 103 Å². The van der Waals surface area contributed by atoms with Crippen molar-refractivity contribution in [1.29, 1.82) is 0 Å². The zero-order valence-electron chi connectivity index (χ0n) is 76.9. The minimum atomic E-state index is -1.08. The Morgan fingerprint density at radius 2 is 1.16 bits per heavy atom. The Balaban J connectivity index is 0.700. The number of ketones is 1. The number of fused-ring (bicyclic) bond motifs is 8. The van der Waals surface area contributed by atoms with Crippen molar-refractivity contribution in [2.45, 2.75) is 357 Å². The van der Waals surface area contributed by atoms with E-state index in [9.17, 15) is 9.59 Å². The van der Waals surface area contributed by atoms with E-state index < -0.39 is 151 Å².